The third kappa shape index (κ3) is 2.82. The smallest absolute Gasteiger partial charge is 0.268 e. The lowest BCUT2D eigenvalue weighted by atomic mass is 10.3. The Morgan fingerprint density at radius 3 is 2.76 bits per heavy atom. The zero-order chi connectivity index (χ0) is 12.5. The Labute approximate surface area is 97.3 Å². The Balaban J connectivity index is 2.09. The van der Waals surface area contributed by atoms with Gasteiger partial charge in [0.25, 0.3) is 5.91 Å². The quantitative estimate of drug-likeness (QED) is 0.737. The molecule has 1 aliphatic heterocycles. The average Bonchev–Trinajstić information content (AvgIpc) is 2.58. The van der Waals surface area contributed by atoms with E-state index in [-0.39, 0.29) is 17.0 Å². The molecular weight excluding hydrogens is 244 g/mol. The van der Waals surface area contributed by atoms with Crippen LogP contribution in [0.1, 0.15) is 10.5 Å². The van der Waals surface area contributed by atoms with E-state index in [0.29, 0.717) is 0 Å². The number of carbonyl (C=O) groups is 1. The molecule has 1 atom stereocenters. The first-order valence-electron chi connectivity index (χ1n) is 4.87. The molecule has 90 valence electrons. The maximum atomic E-state index is 11.7. The van der Waals surface area contributed by atoms with Crippen LogP contribution in [0.2, 0.25) is 0 Å². The number of sulfone groups is 1. The van der Waals surface area contributed by atoms with Crippen LogP contribution < -0.4 is 10.9 Å². The number of carbonyl (C=O) groups excluding carboxylic acids is 1. The van der Waals surface area contributed by atoms with Crippen LogP contribution in [-0.2, 0) is 9.84 Å². The maximum absolute atomic E-state index is 11.7. The highest BCUT2D eigenvalue weighted by atomic mass is 32.2. The van der Waals surface area contributed by atoms with Crippen LogP contribution in [0, 0.1) is 0 Å². The van der Waals surface area contributed by atoms with Gasteiger partial charge in [0, 0.05) is 11.5 Å². The summed E-state index contributed by atoms with van der Waals surface area (Å²) in [5, 5.41) is 3.58. The predicted octanol–water partition coefficient (Wildman–Crippen LogP) is -0.585. The number of hydrogen-bond acceptors (Lipinski definition) is 4. The van der Waals surface area contributed by atoms with E-state index < -0.39 is 21.8 Å². The van der Waals surface area contributed by atoms with Crippen molar-refractivity contribution in [2.75, 3.05) is 5.75 Å². The minimum Gasteiger partial charge on any atom is -0.343 e. The number of hydrogen-bond donors (Lipinski definition) is 2. The molecular formula is C10H10N2O4S. The van der Waals surface area contributed by atoms with Gasteiger partial charge in [-0.3, -0.25) is 9.59 Å². The van der Waals surface area contributed by atoms with Gasteiger partial charge in [-0.05, 0) is 12.1 Å². The number of amides is 1. The fourth-order valence-electron chi connectivity index (χ4n) is 1.49. The first-order chi connectivity index (χ1) is 7.96. The van der Waals surface area contributed by atoms with Crippen molar-refractivity contribution in [1.82, 2.24) is 10.3 Å². The molecule has 1 aromatic heterocycles. The van der Waals surface area contributed by atoms with E-state index >= 15 is 0 Å². The van der Waals surface area contributed by atoms with E-state index in [9.17, 15) is 18.0 Å². The van der Waals surface area contributed by atoms with Gasteiger partial charge in [-0.1, -0.05) is 6.07 Å². The number of aromatic amines is 1. The molecule has 1 unspecified atom stereocenters. The number of pyridine rings is 1. The first-order valence-corrected chi connectivity index (χ1v) is 6.59. The number of rotatable bonds is 2. The van der Waals surface area contributed by atoms with Gasteiger partial charge in [-0.15, -0.1) is 0 Å². The molecule has 0 fully saturated rings. The number of H-pyrrole nitrogens is 1. The second-order valence-corrected chi connectivity index (χ2v) is 5.60. The molecule has 0 spiro atoms. The molecule has 1 aromatic rings. The van der Waals surface area contributed by atoms with Crippen LogP contribution in [0.4, 0.5) is 0 Å². The summed E-state index contributed by atoms with van der Waals surface area (Å²) in [4.78, 5) is 25.0. The van der Waals surface area contributed by atoms with E-state index in [4.69, 9.17) is 0 Å². The highest BCUT2D eigenvalue weighted by Crippen LogP contribution is 2.08. The van der Waals surface area contributed by atoms with Crippen molar-refractivity contribution in [2.45, 2.75) is 6.04 Å². The minimum absolute atomic E-state index is 0.107. The van der Waals surface area contributed by atoms with Gasteiger partial charge < -0.3 is 10.3 Å². The SMILES string of the molecule is O=C(NC1C=CS(=O)(=O)C1)c1cccc(=O)[nH]1. The molecule has 17 heavy (non-hydrogen) atoms. The van der Waals surface area contributed by atoms with Crippen molar-refractivity contribution >= 4 is 15.7 Å². The standard InChI is InChI=1S/C10H10N2O4S/c13-9-3-1-2-8(12-9)10(14)11-7-4-5-17(15,16)6-7/h1-5,7H,6H2,(H,11,14)(H,12,13). The van der Waals surface area contributed by atoms with Crippen molar-refractivity contribution < 1.29 is 13.2 Å². The molecule has 1 aliphatic rings. The molecule has 0 aliphatic carbocycles. The van der Waals surface area contributed by atoms with Crippen molar-refractivity contribution in [3.63, 3.8) is 0 Å². The topological polar surface area (TPSA) is 96.1 Å². The lowest BCUT2D eigenvalue weighted by Gasteiger charge is -2.09. The summed E-state index contributed by atoms with van der Waals surface area (Å²) in [6.45, 7) is 0. The second-order valence-electron chi connectivity index (χ2n) is 3.67. The Hall–Kier alpha value is -1.89. The Bertz CT molecular complexity index is 630. The molecule has 6 nitrogen and oxygen atoms in total. The summed E-state index contributed by atoms with van der Waals surface area (Å²) >= 11 is 0. The molecule has 2 N–H and O–H groups in total. The predicted molar refractivity (Wildman–Crippen MR) is 61.2 cm³/mol. The molecule has 7 heteroatoms. The molecule has 0 bridgehead atoms. The van der Waals surface area contributed by atoms with Crippen molar-refractivity contribution in [1.29, 1.82) is 0 Å². The molecule has 0 saturated heterocycles. The first kappa shape index (κ1) is 11.6. The zero-order valence-electron chi connectivity index (χ0n) is 8.71. The maximum Gasteiger partial charge on any atom is 0.268 e. The monoisotopic (exact) mass is 254 g/mol. The molecule has 0 radical (unpaired) electrons. The van der Waals surface area contributed by atoms with Gasteiger partial charge in [-0.2, -0.15) is 0 Å². The van der Waals surface area contributed by atoms with Gasteiger partial charge in [0.2, 0.25) is 5.56 Å². The molecule has 0 saturated carbocycles. The van der Waals surface area contributed by atoms with Crippen LogP contribution >= 0.6 is 0 Å². The summed E-state index contributed by atoms with van der Waals surface area (Å²) < 4.78 is 22.2. The Kier molecular flexibility index (Phi) is 2.84. The van der Waals surface area contributed by atoms with Crippen LogP contribution in [-0.4, -0.2) is 31.1 Å². The van der Waals surface area contributed by atoms with Gasteiger partial charge >= 0.3 is 0 Å². The Morgan fingerprint density at radius 1 is 1.41 bits per heavy atom. The average molecular weight is 254 g/mol. The van der Waals surface area contributed by atoms with E-state index in [0.717, 1.165) is 5.41 Å². The summed E-state index contributed by atoms with van der Waals surface area (Å²) in [6.07, 6.45) is 1.41. The minimum atomic E-state index is -3.20. The van der Waals surface area contributed by atoms with Gasteiger partial charge in [-0.25, -0.2) is 8.42 Å². The fourth-order valence-corrected chi connectivity index (χ4v) is 2.73. The van der Waals surface area contributed by atoms with Crippen molar-refractivity contribution in [3.8, 4) is 0 Å². The van der Waals surface area contributed by atoms with E-state index in [2.05, 4.69) is 10.3 Å². The highest BCUT2D eigenvalue weighted by molar-refractivity contribution is 7.94. The normalized spacial score (nSPS) is 21.3. The van der Waals surface area contributed by atoms with Crippen molar-refractivity contribution in [3.05, 3.63) is 45.7 Å². The third-order valence-corrected chi connectivity index (χ3v) is 3.66. The van der Waals surface area contributed by atoms with Gasteiger partial charge in [0.1, 0.15) is 5.69 Å². The molecule has 0 aromatic carbocycles. The van der Waals surface area contributed by atoms with Crippen LogP contribution in [0.5, 0.6) is 0 Å². The van der Waals surface area contributed by atoms with Crippen LogP contribution in [0.25, 0.3) is 0 Å². The fraction of sp³-hybridized carbons (Fsp3) is 0.200. The second kappa shape index (κ2) is 4.17. The molecule has 1 amide bonds. The summed E-state index contributed by atoms with van der Waals surface area (Å²) in [6, 6.07) is 3.64. The number of nitrogens with one attached hydrogen (secondary N) is 2. The number of aromatic nitrogens is 1. The summed E-state index contributed by atoms with van der Waals surface area (Å²) in [7, 11) is -3.20. The van der Waals surface area contributed by atoms with E-state index in [1.165, 1.54) is 24.3 Å². The third-order valence-electron chi connectivity index (χ3n) is 2.26. The van der Waals surface area contributed by atoms with Crippen LogP contribution in [0.3, 0.4) is 0 Å². The molecule has 2 rings (SSSR count). The lowest BCUT2D eigenvalue weighted by Crippen LogP contribution is -2.36. The highest BCUT2D eigenvalue weighted by Gasteiger charge is 2.23. The summed E-state index contributed by atoms with van der Waals surface area (Å²) in [5.74, 6) is -0.648. The van der Waals surface area contributed by atoms with Crippen LogP contribution in [0.15, 0.2) is 34.5 Å². The lowest BCUT2D eigenvalue weighted by molar-refractivity contribution is 0.0942. The van der Waals surface area contributed by atoms with Gasteiger partial charge in [0.05, 0.1) is 11.8 Å². The molecule has 2 heterocycles. The zero-order valence-corrected chi connectivity index (χ0v) is 9.53. The van der Waals surface area contributed by atoms with Gasteiger partial charge in [0.15, 0.2) is 9.84 Å². The van der Waals surface area contributed by atoms with E-state index in [1.54, 1.807) is 0 Å². The van der Waals surface area contributed by atoms with Crippen molar-refractivity contribution in [2.24, 2.45) is 0 Å². The van der Waals surface area contributed by atoms with E-state index in [1.807, 2.05) is 0 Å². The largest absolute Gasteiger partial charge is 0.343 e. The Morgan fingerprint density at radius 2 is 2.18 bits per heavy atom. The summed E-state index contributed by atoms with van der Waals surface area (Å²) in [5.41, 5.74) is -0.276.